The van der Waals surface area contributed by atoms with Crippen LogP contribution in [-0.4, -0.2) is 22.7 Å². The Morgan fingerprint density at radius 2 is 2.29 bits per heavy atom. The maximum atomic E-state index is 9.73. The Morgan fingerprint density at radius 3 is 3.06 bits per heavy atom. The highest BCUT2D eigenvalue weighted by Crippen LogP contribution is 2.29. The van der Waals surface area contributed by atoms with Crippen molar-refractivity contribution >= 4 is 23.4 Å². The summed E-state index contributed by atoms with van der Waals surface area (Å²) in [7, 11) is 0. The molecule has 4 heteroatoms. The lowest BCUT2D eigenvalue weighted by Gasteiger charge is -2.19. The van der Waals surface area contributed by atoms with Crippen LogP contribution in [0.5, 0.6) is 5.75 Å². The molecule has 2 atom stereocenters. The molecule has 2 nitrogen and oxygen atoms in total. The molecule has 1 saturated carbocycles. The number of hydrogen-bond acceptors (Lipinski definition) is 3. The molecule has 2 N–H and O–H groups in total. The largest absolute Gasteiger partial charge is 0.508 e. The molecule has 0 amide bonds. The molecule has 1 aromatic carbocycles. The first-order valence-corrected chi connectivity index (χ1v) is 7.61. The molecule has 1 fully saturated rings. The van der Waals surface area contributed by atoms with E-state index < -0.39 is 0 Å². The summed E-state index contributed by atoms with van der Waals surface area (Å²) in [6.07, 6.45) is 5.99. The number of thioether (sulfide) groups is 1. The van der Waals surface area contributed by atoms with Gasteiger partial charge in [-0.1, -0.05) is 18.0 Å². The lowest BCUT2D eigenvalue weighted by atomic mass is 10.1. The molecule has 0 radical (unpaired) electrons. The van der Waals surface area contributed by atoms with Gasteiger partial charge in [0.2, 0.25) is 0 Å². The summed E-state index contributed by atoms with van der Waals surface area (Å²) in [5, 5.41) is 14.6. The fraction of sp³-hybridized carbons (Fsp3) is 0.538. The van der Waals surface area contributed by atoms with E-state index >= 15 is 0 Å². The number of phenolic OH excluding ortho intramolecular Hbond substituents is 1. The fourth-order valence-corrected chi connectivity index (χ4v) is 3.54. The molecule has 2 unspecified atom stereocenters. The SMILES string of the molecule is CSC1CCCC1NCc1cc(Cl)ccc1O. The van der Waals surface area contributed by atoms with Crippen LogP contribution in [0.2, 0.25) is 5.02 Å². The molecule has 1 aliphatic carbocycles. The third-order valence-corrected chi connectivity index (χ3v) is 4.76. The van der Waals surface area contributed by atoms with Crippen LogP contribution < -0.4 is 5.32 Å². The Bertz CT molecular complexity index is 386. The van der Waals surface area contributed by atoms with Crippen molar-refractivity contribution in [1.82, 2.24) is 5.32 Å². The van der Waals surface area contributed by atoms with E-state index in [4.69, 9.17) is 11.6 Å². The van der Waals surface area contributed by atoms with Gasteiger partial charge in [-0.2, -0.15) is 11.8 Å². The molecule has 0 spiro atoms. The van der Waals surface area contributed by atoms with E-state index in [1.165, 1.54) is 19.3 Å². The van der Waals surface area contributed by atoms with Crippen LogP contribution in [0.3, 0.4) is 0 Å². The van der Waals surface area contributed by atoms with Crippen molar-refractivity contribution in [2.24, 2.45) is 0 Å². The van der Waals surface area contributed by atoms with E-state index in [9.17, 15) is 5.11 Å². The van der Waals surface area contributed by atoms with Crippen LogP contribution in [0.1, 0.15) is 24.8 Å². The molecule has 17 heavy (non-hydrogen) atoms. The van der Waals surface area contributed by atoms with E-state index in [2.05, 4.69) is 11.6 Å². The number of nitrogens with one attached hydrogen (secondary N) is 1. The standard InChI is InChI=1S/C13H18ClNOS/c1-17-13-4-2-3-11(13)15-8-9-7-10(14)5-6-12(9)16/h5-7,11,13,15-16H,2-4,8H2,1H3. The van der Waals surface area contributed by atoms with Crippen LogP contribution in [0, 0.1) is 0 Å². The van der Waals surface area contributed by atoms with E-state index in [1.54, 1.807) is 12.1 Å². The van der Waals surface area contributed by atoms with Gasteiger partial charge in [-0.25, -0.2) is 0 Å². The molecular weight excluding hydrogens is 254 g/mol. The number of rotatable bonds is 4. The maximum Gasteiger partial charge on any atom is 0.120 e. The predicted molar refractivity (Wildman–Crippen MR) is 74.9 cm³/mol. The highest BCUT2D eigenvalue weighted by molar-refractivity contribution is 7.99. The zero-order valence-corrected chi connectivity index (χ0v) is 11.5. The second-order valence-electron chi connectivity index (χ2n) is 4.47. The topological polar surface area (TPSA) is 32.3 Å². The monoisotopic (exact) mass is 271 g/mol. The molecule has 0 saturated heterocycles. The first kappa shape index (κ1) is 13.1. The molecule has 2 rings (SSSR count). The van der Waals surface area contributed by atoms with Gasteiger partial charge < -0.3 is 10.4 Å². The van der Waals surface area contributed by atoms with Crippen molar-refractivity contribution < 1.29 is 5.11 Å². The van der Waals surface area contributed by atoms with Gasteiger partial charge in [0.05, 0.1) is 0 Å². The summed E-state index contributed by atoms with van der Waals surface area (Å²) >= 11 is 7.86. The summed E-state index contributed by atoms with van der Waals surface area (Å²) in [5.41, 5.74) is 0.879. The number of halogens is 1. The first-order valence-electron chi connectivity index (χ1n) is 5.94. The fourth-order valence-electron chi connectivity index (χ4n) is 2.38. The Morgan fingerprint density at radius 1 is 1.47 bits per heavy atom. The number of hydrogen-bond donors (Lipinski definition) is 2. The van der Waals surface area contributed by atoms with E-state index in [0.717, 1.165) is 5.56 Å². The van der Waals surface area contributed by atoms with Gasteiger partial charge in [-0.3, -0.25) is 0 Å². The first-order chi connectivity index (χ1) is 8.20. The summed E-state index contributed by atoms with van der Waals surface area (Å²) in [4.78, 5) is 0. The van der Waals surface area contributed by atoms with Crippen LogP contribution in [0.15, 0.2) is 18.2 Å². The van der Waals surface area contributed by atoms with Crippen molar-refractivity contribution in [3.8, 4) is 5.75 Å². The van der Waals surface area contributed by atoms with Gasteiger partial charge in [0.25, 0.3) is 0 Å². The van der Waals surface area contributed by atoms with Crippen molar-refractivity contribution in [3.05, 3.63) is 28.8 Å². The minimum Gasteiger partial charge on any atom is -0.508 e. The Balaban J connectivity index is 1.95. The molecule has 0 heterocycles. The van der Waals surface area contributed by atoms with Gasteiger partial charge in [0, 0.05) is 28.4 Å². The highest BCUT2D eigenvalue weighted by Gasteiger charge is 2.25. The smallest absolute Gasteiger partial charge is 0.120 e. The molecule has 94 valence electrons. The number of aromatic hydroxyl groups is 1. The van der Waals surface area contributed by atoms with Gasteiger partial charge in [0.1, 0.15) is 5.75 Å². The summed E-state index contributed by atoms with van der Waals surface area (Å²) < 4.78 is 0. The van der Waals surface area contributed by atoms with Crippen LogP contribution in [0.25, 0.3) is 0 Å². The zero-order chi connectivity index (χ0) is 12.3. The van der Waals surface area contributed by atoms with Gasteiger partial charge in [-0.05, 0) is 37.3 Å². The van der Waals surface area contributed by atoms with Gasteiger partial charge in [0.15, 0.2) is 0 Å². The second-order valence-corrected chi connectivity index (χ2v) is 5.98. The van der Waals surface area contributed by atoms with Crippen LogP contribution in [0.4, 0.5) is 0 Å². The maximum absolute atomic E-state index is 9.73. The third kappa shape index (κ3) is 3.30. The van der Waals surface area contributed by atoms with Crippen molar-refractivity contribution in [1.29, 1.82) is 0 Å². The summed E-state index contributed by atoms with van der Waals surface area (Å²) in [6.45, 7) is 0.689. The Labute approximate surface area is 112 Å². The van der Waals surface area contributed by atoms with Crippen molar-refractivity contribution in [2.45, 2.75) is 37.1 Å². The van der Waals surface area contributed by atoms with Gasteiger partial charge >= 0.3 is 0 Å². The molecular formula is C13H18ClNOS. The lowest BCUT2D eigenvalue weighted by Crippen LogP contribution is -2.33. The van der Waals surface area contributed by atoms with Crippen LogP contribution in [-0.2, 0) is 6.54 Å². The summed E-state index contributed by atoms with van der Waals surface area (Å²) in [5.74, 6) is 0.320. The van der Waals surface area contributed by atoms with Crippen LogP contribution >= 0.6 is 23.4 Å². The lowest BCUT2D eigenvalue weighted by molar-refractivity contribution is 0.457. The minimum atomic E-state index is 0.320. The number of phenols is 1. The van der Waals surface area contributed by atoms with E-state index in [1.807, 2.05) is 17.8 Å². The molecule has 0 aromatic heterocycles. The average molecular weight is 272 g/mol. The zero-order valence-electron chi connectivity index (χ0n) is 9.95. The van der Waals surface area contributed by atoms with Gasteiger partial charge in [-0.15, -0.1) is 0 Å². The second kappa shape index (κ2) is 5.98. The predicted octanol–water partition coefficient (Wildman–Crippen LogP) is 3.42. The molecule has 1 aliphatic rings. The molecule has 0 aliphatic heterocycles. The quantitative estimate of drug-likeness (QED) is 0.880. The van der Waals surface area contributed by atoms with E-state index in [0.29, 0.717) is 28.6 Å². The Kier molecular flexibility index (Phi) is 4.60. The van der Waals surface area contributed by atoms with Crippen molar-refractivity contribution in [3.63, 3.8) is 0 Å². The molecule has 1 aromatic rings. The summed E-state index contributed by atoms with van der Waals surface area (Å²) in [6, 6.07) is 5.75. The van der Waals surface area contributed by atoms with E-state index in [-0.39, 0.29) is 0 Å². The average Bonchev–Trinajstić information content (AvgIpc) is 2.77. The molecule has 0 bridgehead atoms. The Hall–Kier alpha value is -0.380. The highest BCUT2D eigenvalue weighted by atomic mass is 35.5. The number of benzene rings is 1. The third-order valence-electron chi connectivity index (χ3n) is 3.35. The minimum absolute atomic E-state index is 0.320. The normalized spacial score (nSPS) is 24.1. The van der Waals surface area contributed by atoms with Crippen molar-refractivity contribution in [2.75, 3.05) is 6.26 Å².